The number of amides is 1. The molecule has 2 rings (SSSR count). The number of primary amides is 1. The summed E-state index contributed by atoms with van der Waals surface area (Å²) in [7, 11) is 1.30. The van der Waals surface area contributed by atoms with Crippen LogP contribution in [0.5, 0.6) is 5.75 Å². The van der Waals surface area contributed by atoms with Crippen LogP contribution < -0.4 is 10.5 Å². The number of ether oxygens (including phenoxy) is 2. The molecule has 1 aromatic heterocycles. The van der Waals surface area contributed by atoms with Gasteiger partial charge in [0.1, 0.15) is 5.75 Å². The van der Waals surface area contributed by atoms with Crippen molar-refractivity contribution in [3.05, 3.63) is 41.5 Å². The summed E-state index contributed by atoms with van der Waals surface area (Å²) in [6.45, 7) is 0.00828. The molecule has 2 aromatic rings. The zero-order valence-corrected chi connectivity index (χ0v) is 10.5. The summed E-state index contributed by atoms with van der Waals surface area (Å²) in [5.74, 6) is -0.810. The van der Waals surface area contributed by atoms with E-state index in [0.717, 1.165) is 0 Å². The van der Waals surface area contributed by atoms with Crippen LogP contribution in [-0.2, 0) is 11.3 Å². The zero-order valence-electron chi connectivity index (χ0n) is 10.5. The van der Waals surface area contributed by atoms with Crippen LogP contribution in [0.15, 0.2) is 28.8 Å². The quantitative estimate of drug-likeness (QED) is 0.792. The van der Waals surface area contributed by atoms with Crippen molar-refractivity contribution in [2.75, 3.05) is 7.11 Å². The van der Waals surface area contributed by atoms with E-state index in [1.165, 1.54) is 7.11 Å². The first-order valence-corrected chi connectivity index (χ1v) is 5.53. The molecule has 1 heterocycles. The maximum absolute atomic E-state index is 11.2. The van der Waals surface area contributed by atoms with Gasteiger partial charge in [0.2, 0.25) is 5.82 Å². The fourth-order valence-corrected chi connectivity index (χ4v) is 1.37. The third kappa shape index (κ3) is 3.10. The van der Waals surface area contributed by atoms with Gasteiger partial charge in [-0.05, 0) is 24.3 Å². The summed E-state index contributed by atoms with van der Waals surface area (Å²) in [5, 5.41) is 3.53. The maximum Gasteiger partial charge on any atom is 0.337 e. The minimum atomic E-state index is -0.800. The second-order valence-electron chi connectivity index (χ2n) is 3.68. The van der Waals surface area contributed by atoms with Gasteiger partial charge in [0.05, 0.1) is 12.7 Å². The van der Waals surface area contributed by atoms with Gasteiger partial charge in [0.15, 0.2) is 6.61 Å². The molecule has 0 bridgehead atoms. The predicted octanol–water partition coefficient (Wildman–Crippen LogP) is 0.534. The first-order valence-electron chi connectivity index (χ1n) is 5.53. The molecule has 8 nitrogen and oxygen atoms in total. The van der Waals surface area contributed by atoms with Gasteiger partial charge in [-0.25, -0.2) is 4.79 Å². The van der Waals surface area contributed by atoms with Crippen LogP contribution in [0.3, 0.4) is 0 Å². The average Bonchev–Trinajstić information content (AvgIpc) is 2.94. The van der Waals surface area contributed by atoms with Gasteiger partial charge in [-0.1, -0.05) is 5.16 Å². The number of hydrogen-bond acceptors (Lipinski definition) is 7. The Balaban J connectivity index is 1.96. The molecule has 0 fully saturated rings. The highest BCUT2D eigenvalue weighted by Crippen LogP contribution is 2.14. The monoisotopic (exact) mass is 277 g/mol. The van der Waals surface area contributed by atoms with Crippen molar-refractivity contribution < 1.29 is 23.6 Å². The van der Waals surface area contributed by atoms with Gasteiger partial charge in [-0.2, -0.15) is 4.98 Å². The van der Waals surface area contributed by atoms with Crippen molar-refractivity contribution in [1.82, 2.24) is 10.1 Å². The number of benzene rings is 1. The third-order valence-corrected chi connectivity index (χ3v) is 2.32. The fraction of sp³-hybridized carbons (Fsp3) is 0.167. The topological polar surface area (TPSA) is 118 Å². The molecule has 0 aliphatic carbocycles. The van der Waals surface area contributed by atoms with E-state index in [9.17, 15) is 9.59 Å². The van der Waals surface area contributed by atoms with Crippen LogP contribution in [0, 0.1) is 0 Å². The van der Waals surface area contributed by atoms with Gasteiger partial charge < -0.3 is 19.7 Å². The first kappa shape index (κ1) is 13.5. The predicted molar refractivity (Wildman–Crippen MR) is 64.9 cm³/mol. The highest BCUT2D eigenvalue weighted by atomic mass is 16.5. The summed E-state index contributed by atoms with van der Waals surface area (Å²) in [6, 6.07) is 6.32. The number of carbonyl (C=O) groups is 2. The molecule has 0 saturated heterocycles. The van der Waals surface area contributed by atoms with Crippen molar-refractivity contribution in [2.24, 2.45) is 5.73 Å². The second-order valence-corrected chi connectivity index (χ2v) is 3.68. The van der Waals surface area contributed by atoms with Gasteiger partial charge in [-0.15, -0.1) is 0 Å². The van der Waals surface area contributed by atoms with E-state index in [1.807, 2.05) is 0 Å². The van der Waals surface area contributed by atoms with E-state index in [-0.39, 0.29) is 18.3 Å². The van der Waals surface area contributed by atoms with Crippen molar-refractivity contribution >= 4 is 11.9 Å². The van der Waals surface area contributed by atoms with Crippen molar-refractivity contribution in [1.29, 1.82) is 0 Å². The van der Waals surface area contributed by atoms with Crippen LogP contribution >= 0.6 is 0 Å². The fourth-order valence-electron chi connectivity index (χ4n) is 1.37. The first-order chi connectivity index (χ1) is 9.60. The normalized spacial score (nSPS) is 10.1. The standard InChI is InChI=1S/C12H11N3O5/c1-18-12(17)7-2-4-8(5-3-7)19-6-9-14-11(10(13)16)20-15-9/h2-5H,6H2,1H3,(H2,13,16). The van der Waals surface area contributed by atoms with Crippen LogP contribution in [0.2, 0.25) is 0 Å². The van der Waals surface area contributed by atoms with Crippen molar-refractivity contribution in [3.8, 4) is 5.75 Å². The lowest BCUT2D eigenvalue weighted by molar-refractivity contribution is 0.0600. The molecule has 8 heteroatoms. The Labute approximate surface area is 113 Å². The Bertz CT molecular complexity index is 620. The molecule has 0 saturated carbocycles. The van der Waals surface area contributed by atoms with Gasteiger partial charge in [0.25, 0.3) is 0 Å². The molecule has 0 atom stereocenters. The molecule has 104 valence electrons. The lowest BCUT2D eigenvalue weighted by Crippen LogP contribution is -2.11. The summed E-state index contributed by atoms with van der Waals surface area (Å²) in [4.78, 5) is 25.7. The molecule has 0 spiro atoms. The molecule has 20 heavy (non-hydrogen) atoms. The number of aromatic nitrogens is 2. The molecular formula is C12H11N3O5. The molecule has 1 aromatic carbocycles. The number of rotatable bonds is 5. The highest BCUT2D eigenvalue weighted by Gasteiger charge is 2.11. The molecule has 2 N–H and O–H groups in total. The molecule has 1 amide bonds. The van der Waals surface area contributed by atoms with Crippen LogP contribution in [-0.4, -0.2) is 29.1 Å². The smallest absolute Gasteiger partial charge is 0.337 e. The Morgan fingerprint density at radius 1 is 1.30 bits per heavy atom. The molecular weight excluding hydrogens is 266 g/mol. The van der Waals surface area contributed by atoms with E-state index < -0.39 is 11.9 Å². The molecule has 0 aliphatic heterocycles. The zero-order chi connectivity index (χ0) is 14.5. The summed E-state index contributed by atoms with van der Waals surface area (Å²) < 4.78 is 14.5. The Kier molecular flexibility index (Phi) is 3.94. The summed E-state index contributed by atoms with van der Waals surface area (Å²) in [6.07, 6.45) is 0. The van der Waals surface area contributed by atoms with Gasteiger partial charge in [0, 0.05) is 0 Å². The number of methoxy groups -OCH3 is 1. The number of hydrogen-bond donors (Lipinski definition) is 1. The van der Waals surface area contributed by atoms with Gasteiger partial charge >= 0.3 is 17.8 Å². The third-order valence-electron chi connectivity index (χ3n) is 2.32. The SMILES string of the molecule is COC(=O)c1ccc(OCc2noc(C(N)=O)n2)cc1. The van der Waals surface area contributed by atoms with E-state index in [0.29, 0.717) is 11.3 Å². The molecule has 0 aliphatic rings. The second kappa shape index (κ2) is 5.83. The number of carbonyl (C=O) groups excluding carboxylic acids is 2. The Morgan fingerprint density at radius 2 is 2.00 bits per heavy atom. The number of esters is 1. The van der Waals surface area contributed by atoms with Crippen molar-refractivity contribution in [3.63, 3.8) is 0 Å². The summed E-state index contributed by atoms with van der Waals surface area (Å²) in [5.41, 5.74) is 5.39. The van der Waals surface area contributed by atoms with E-state index >= 15 is 0 Å². The lowest BCUT2D eigenvalue weighted by Gasteiger charge is -2.04. The van der Waals surface area contributed by atoms with E-state index in [4.69, 9.17) is 10.5 Å². The Hall–Kier alpha value is -2.90. The highest BCUT2D eigenvalue weighted by molar-refractivity contribution is 5.89. The summed E-state index contributed by atoms with van der Waals surface area (Å²) >= 11 is 0. The molecule has 0 radical (unpaired) electrons. The van der Waals surface area contributed by atoms with Crippen LogP contribution in [0.1, 0.15) is 26.9 Å². The largest absolute Gasteiger partial charge is 0.485 e. The van der Waals surface area contributed by atoms with E-state index in [2.05, 4.69) is 19.4 Å². The minimum absolute atomic E-state index is 0.00828. The van der Waals surface area contributed by atoms with Crippen molar-refractivity contribution in [2.45, 2.75) is 6.61 Å². The number of nitrogens with zero attached hydrogens (tertiary/aromatic N) is 2. The Morgan fingerprint density at radius 3 is 2.55 bits per heavy atom. The van der Waals surface area contributed by atoms with E-state index in [1.54, 1.807) is 24.3 Å². The maximum atomic E-state index is 11.2. The average molecular weight is 277 g/mol. The van der Waals surface area contributed by atoms with Gasteiger partial charge in [-0.3, -0.25) is 4.79 Å². The van der Waals surface area contributed by atoms with Crippen LogP contribution in [0.25, 0.3) is 0 Å². The lowest BCUT2D eigenvalue weighted by atomic mass is 10.2. The minimum Gasteiger partial charge on any atom is -0.485 e. The molecule has 0 unspecified atom stereocenters. The number of nitrogens with two attached hydrogens (primary N) is 1. The van der Waals surface area contributed by atoms with Crippen LogP contribution in [0.4, 0.5) is 0 Å².